The molecular weight excluding hydrogens is 352 g/mol. The van der Waals surface area contributed by atoms with Gasteiger partial charge in [-0.05, 0) is 37.3 Å². The highest BCUT2D eigenvalue weighted by molar-refractivity contribution is 8.00. The number of diazo groups is 1. The van der Waals surface area contributed by atoms with Crippen molar-refractivity contribution in [1.82, 2.24) is 0 Å². The summed E-state index contributed by atoms with van der Waals surface area (Å²) < 4.78 is 0. The molecule has 3 N–H and O–H groups in total. The zero-order valence-electron chi connectivity index (χ0n) is 14.0. The average molecular weight is 369 g/mol. The van der Waals surface area contributed by atoms with Crippen LogP contribution < -0.4 is 10.6 Å². The van der Waals surface area contributed by atoms with Crippen molar-refractivity contribution in [1.29, 1.82) is 5.39 Å². The molecule has 0 saturated heterocycles. The predicted molar refractivity (Wildman–Crippen MR) is 101 cm³/mol. The Bertz CT molecular complexity index is 873. The smallest absolute Gasteiger partial charge is 0.397 e. The van der Waals surface area contributed by atoms with Crippen molar-refractivity contribution in [2.24, 2.45) is 0 Å². The van der Waals surface area contributed by atoms with Crippen LogP contribution in [0.1, 0.15) is 5.56 Å². The minimum atomic E-state index is -0.832. The Kier molecular flexibility index (Phi) is 6.76. The van der Waals surface area contributed by atoms with Gasteiger partial charge in [-0.2, -0.15) is 0 Å². The molecular formula is C18H17N4O3S+. The lowest BCUT2D eigenvalue weighted by Gasteiger charge is -2.08. The van der Waals surface area contributed by atoms with E-state index in [2.05, 4.69) is 15.6 Å². The molecule has 0 bridgehead atoms. The first-order valence-electron chi connectivity index (χ1n) is 7.62. The maximum atomic E-state index is 12.1. The van der Waals surface area contributed by atoms with Crippen molar-refractivity contribution in [3.05, 3.63) is 71.0 Å². The molecule has 0 radical (unpaired) electrons. The van der Waals surface area contributed by atoms with E-state index in [9.17, 15) is 14.7 Å². The van der Waals surface area contributed by atoms with Crippen molar-refractivity contribution >= 4 is 35.0 Å². The van der Waals surface area contributed by atoms with Crippen LogP contribution in [0.25, 0.3) is 4.98 Å². The van der Waals surface area contributed by atoms with E-state index in [0.717, 1.165) is 10.5 Å². The maximum Gasteiger partial charge on any atom is 0.397 e. The van der Waals surface area contributed by atoms with Gasteiger partial charge in [0, 0.05) is 16.3 Å². The van der Waals surface area contributed by atoms with Crippen LogP contribution in [-0.4, -0.2) is 22.7 Å². The third kappa shape index (κ3) is 5.96. The predicted octanol–water partition coefficient (Wildman–Crippen LogP) is 3.92. The van der Waals surface area contributed by atoms with Crippen molar-refractivity contribution in [3.8, 4) is 0 Å². The molecule has 0 saturated carbocycles. The number of aliphatic hydroxyl groups excluding tert-OH is 1. The van der Waals surface area contributed by atoms with Gasteiger partial charge in [0.2, 0.25) is 11.3 Å². The van der Waals surface area contributed by atoms with E-state index < -0.39 is 11.7 Å². The van der Waals surface area contributed by atoms with Crippen LogP contribution in [-0.2, 0) is 9.59 Å². The van der Waals surface area contributed by atoms with Gasteiger partial charge in [0.25, 0.3) is 11.7 Å². The lowest BCUT2D eigenvalue weighted by atomic mass is 10.2. The number of carbonyl (C=O) groups is 2. The standard InChI is InChI=1S/C18H16N4O3S/c1-12-5-7-15(8-6-12)26-11-17(24)21-13-3-2-4-14(9-13)22-18(25)16(23)10-20-19/h2-10H,11H2,1H3,(H2-,21,22,23,24,25)/p+1/b16-10+. The number of carbonyl (C=O) groups excluding carboxylic acids is 2. The number of thioether (sulfide) groups is 1. The number of aryl methyl sites for hydroxylation is 1. The second-order valence-electron chi connectivity index (χ2n) is 5.31. The summed E-state index contributed by atoms with van der Waals surface area (Å²) in [5.41, 5.74) is 2.04. The highest BCUT2D eigenvalue weighted by Crippen LogP contribution is 2.20. The van der Waals surface area contributed by atoms with Gasteiger partial charge in [0.15, 0.2) is 4.98 Å². The first-order valence-corrected chi connectivity index (χ1v) is 8.60. The molecule has 2 aromatic rings. The van der Waals surface area contributed by atoms with Gasteiger partial charge in [-0.3, -0.25) is 9.59 Å². The second-order valence-corrected chi connectivity index (χ2v) is 6.36. The minimum absolute atomic E-state index is 0.180. The Morgan fingerprint density at radius 2 is 1.81 bits per heavy atom. The number of nitrogens with one attached hydrogen (secondary N) is 2. The number of anilines is 2. The summed E-state index contributed by atoms with van der Waals surface area (Å²) in [6.45, 7) is 2.00. The normalized spacial score (nSPS) is 10.7. The summed E-state index contributed by atoms with van der Waals surface area (Å²) in [4.78, 5) is 27.3. The van der Waals surface area contributed by atoms with Gasteiger partial charge in [-0.15, -0.1) is 11.8 Å². The second kappa shape index (κ2) is 9.25. The van der Waals surface area contributed by atoms with Gasteiger partial charge < -0.3 is 15.7 Å². The Hall–Kier alpha value is -3.31. The van der Waals surface area contributed by atoms with Crippen LogP contribution in [0.3, 0.4) is 0 Å². The molecule has 2 amide bonds. The number of benzene rings is 2. The lowest BCUT2D eigenvalue weighted by molar-refractivity contribution is -0.115. The molecule has 0 fully saturated rings. The number of hydrogen-bond donors (Lipinski definition) is 3. The van der Waals surface area contributed by atoms with Crippen LogP contribution >= 0.6 is 11.8 Å². The quantitative estimate of drug-likeness (QED) is 0.310. The highest BCUT2D eigenvalue weighted by Gasteiger charge is 2.13. The van der Waals surface area contributed by atoms with Crippen LogP contribution in [0.5, 0.6) is 0 Å². The Morgan fingerprint density at radius 3 is 2.46 bits per heavy atom. The molecule has 0 aliphatic carbocycles. The summed E-state index contributed by atoms with van der Waals surface area (Å²) in [5, 5.41) is 22.8. The van der Waals surface area contributed by atoms with E-state index in [0.29, 0.717) is 17.6 Å². The summed E-state index contributed by atoms with van der Waals surface area (Å²) in [5.74, 6) is -1.50. The molecule has 2 aromatic carbocycles. The molecule has 26 heavy (non-hydrogen) atoms. The Labute approximate surface area is 154 Å². The van der Waals surface area contributed by atoms with Crippen molar-refractivity contribution in [2.75, 3.05) is 16.4 Å². The highest BCUT2D eigenvalue weighted by atomic mass is 32.2. The van der Waals surface area contributed by atoms with Gasteiger partial charge >= 0.3 is 6.20 Å². The molecule has 0 aliphatic heterocycles. The molecule has 0 aliphatic rings. The number of aliphatic hydroxyl groups is 1. The first-order chi connectivity index (χ1) is 12.5. The van der Waals surface area contributed by atoms with Gasteiger partial charge in [0.05, 0.1) is 5.75 Å². The maximum absolute atomic E-state index is 12.1. The topological polar surface area (TPSA) is 107 Å². The summed E-state index contributed by atoms with van der Waals surface area (Å²) in [7, 11) is 0. The summed E-state index contributed by atoms with van der Waals surface area (Å²) >= 11 is 1.42. The van der Waals surface area contributed by atoms with E-state index >= 15 is 0 Å². The monoisotopic (exact) mass is 369 g/mol. The Balaban J connectivity index is 1.92. The van der Waals surface area contributed by atoms with Crippen LogP contribution in [0.4, 0.5) is 11.4 Å². The molecule has 7 nitrogen and oxygen atoms in total. The SMILES string of the molecule is Cc1ccc(SCC(=O)Nc2cccc(NC(=O)/C(O)=C\[N+]#N)c2)cc1. The van der Waals surface area contributed by atoms with Gasteiger partial charge in [-0.1, -0.05) is 23.8 Å². The average Bonchev–Trinajstić information content (AvgIpc) is 2.61. The molecule has 0 unspecified atom stereocenters. The fourth-order valence-electron chi connectivity index (χ4n) is 1.96. The number of nitrogens with zero attached hydrogens (tertiary/aromatic N) is 2. The molecule has 8 heteroatoms. The van der Waals surface area contributed by atoms with E-state index in [-0.39, 0.29) is 11.7 Å². The minimum Gasteiger partial charge on any atom is -0.498 e. The largest absolute Gasteiger partial charge is 0.498 e. The number of rotatable bonds is 6. The fraction of sp³-hybridized carbons (Fsp3) is 0.111. The molecule has 0 atom stereocenters. The van der Waals surface area contributed by atoms with Crippen molar-refractivity contribution in [2.45, 2.75) is 11.8 Å². The third-order valence-electron chi connectivity index (χ3n) is 3.21. The van der Waals surface area contributed by atoms with E-state index in [4.69, 9.17) is 5.39 Å². The lowest BCUT2D eigenvalue weighted by Crippen LogP contribution is -2.16. The molecule has 2 rings (SSSR count). The zero-order valence-corrected chi connectivity index (χ0v) is 14.8. The van der Waals surface area contributed by atoms with E-state index in [1.165, 1.54) is 11.8 Å². The van der Waals surface area contributed by atoms with E-state index in [1.54, 1.807) is 24.3 Å². The third-order valence-corrected chi connectivity index (χ3v) is 4.22. The van der Waals surface area contributed by atoms with Crippen molar-refractivity contribution in [3.63, 3.8) is 0 Å². The number of amides is 2. The van der Waals surface area contributed by atoms with Crippen LogP contribution in [0.15, 0.2) is 65.4 Å². The zero-order chi connectivity index (χ0) is 18.9. The number of hydrogen-bond acceptors (Lipinski definition) is 5. The van der Waals surface area contributed by atoms with Crippen molar-refractivity contribution < 1.29 is 14.7 Å². The summed E-state index contributed by atoms with van der Waals surface area (Å²) in [6.07, 6.45) is 0.614. The fourth-order valence-corrected chi connectivity index (χ4v) is 2.66. The van der Waals surface area contributed by atoms with Gasteiger partial charge in [0.1, 0.15) is 0 Å². The summed E-state index contributed by atoms with van der Waals surface area (Å²) in [6, 6.07) is 14.4. The first kappa shape index (κ1) is 19.0. The molecule has 0 aromatic heterocycles. The van der Waals surface area contributed by atoms with Crippen LogP contribution in [0.2, 0.25) is 0 Å². The van der Waals surface area contributed by atoms with Crippen LogP contribution in [0, 0.1) is 12.3 Å². The van der Waals surface area contributed by atoms with Gasteiger partial charge in [-0.25, -0.2) is 0 Å². The Morgan fingerprint density at radius 1 is 1.15 bits per heavy atom. The molecule has 0 spiro atoms. The molecule has 132 valence electrons. The molecule has 0 heterocycles. The van der Waals surface area contributed by atoms with E-state index in [1.807, 2.05) is 31.2 Å².